The Kier molecular flexibility index (Phi) is 8.32. The maximum absolute atomic E-state index is 13.0. The van der Waals surface area contributed by atoms with Gasteiger partial charge < -0.3 is 23.9 Å². The van der Waals surface area contributed by atoms with E-state index in [4.69, 9.17) is 18.6 Å². The highest BCUT2D eigenvalue weighted by atomic mass is 16.5. The molecule has 0 radical (unpaired) electrons. The summed E-state index contributed by atoms with van der Waals surface area (Å²) in [5.74, 6) is 2.16. The van der Waals surface area contributed by atoms with Gasteiger partial charge in [0.15, 0.2) is 5.58 Å². The smallest absolute Gasteiger partial charge is 0.251 e. The molecule has 2 aromatic heterocycles. The van der Waals surface area contributed by atoms with Gasteiger partial charge in [0.2, 0.25) is 0 Å². The van der Waals surface area contributed by atoms with Gasteiger partial charge in [-0.2, -0.15) is 5.26 Å². The normalized spacial score (nSPS) is 16.2. The summed E-state index contributed by atoms with van der Waals surface area (Å²) in [6, 6.07) is 17.1. The van der Waals surface area contributed by atoms with Crippen molar-refractivity contribution in [2.24, 2.45) is 5.92 Å². The zero-order valence-corrected chi connectivity index (χ0v) is 24.8. The number of ether oxygens (including phenoxy) is 3. The number of nitriles is 1. The van der Waals surface area contributed by atoms with Crippen LogP contribution in [0, 0.1) is 17.2 Å². The molecule has 9 heteroatoms. The predicted octanol–water partition coefficient (Wildman–Crippen LogP) is 5.67. The number of methoxy groups -OCH3 is 1. The minimum Gasteiger partial charge on any atom is -0.496 e. The predicted molar refractivity (Wildman–Crippen MR) is 163 cm³/mol. The number of nitrogens with zero attached hydrogens (tertiary/aromatic N) is 3. The number of amides is 1. The molecule has 2 fully saturated rings. The van der Waals surface area contributed by atoms with Gasteiger partial charge in [0.05, 0.1) is 37.5 Å². The van der Waals surface area contributed by atoms with Crippen LogP contribution in [0.15, 0.2) is 59.1 Å². The lowest BCUT2D eigenvalue weighted by atomic mass is 10.0. The summed E-state index contributed by atoms with van der Waals surface area (Å²) in [7, 11) is 1.58. The van der Waals surface area contributed by atoms with Gasteiger partial charge in [-0.1, -0.05) is 19.9 Å². The zero-order chi connectivity index (χ0) is 29.9. The van der Waals surface area contributed by atoms with Crippen molar-refractivity contribution in [1.82, 2.24) is 15.2 Å². The maximum Gasteiger partial charge on any atom is 0.251 e. The van der Waals surface area contributed by atoms with Crippen LogP contribution in [0.3, 0.4) is 0 Å². The lowest BCUT2D eigenvalue weighted by Gasteiger charge is -2.40. The number of furan rings is 1. The third kappa shape index (κ3) is 6.21. The van der Waals surface area contributed by atoms with Gasteiger partial charge in [0, 0.05) is 55.9 Å². The molecule has 1 amide bonds. The number of fused-ring (bicyclic) bond motifs is 1. The highest BCUT2D eigenvalue weighted by Crippen LogP contribution is 2.38. The van der Waals surface area contributed by atoms with Crippen molar-refractivity contribution in [2.45, 2.75) is 38.8 Å². The molecule has 0 unspecified atom stereocenters. The van der Waals surface area contributed by atoms with E-state index in [1.807, 2.05) is 36.4 Å². The molecule has 1 N–H and O–H groups in total. The molecule has 0 spiro atoms. The van der Waals surface area contributed by atoms with E-state index >= 15 is 0 Å². The largest absolute Gasteiger partial charge is 0.496 e. The molecule has 0 aliphatic carbocycles. The second kappa shape index (κ2) is 12.5. The SMILES string of the molecule is COc1cc(C(=O)NC2CN(CC(C)C)C2)ccc1-c1cc2nccc(-c3ccc(OC4CCOCC4)c(C#N)c3)c2o1. The van der Waals surface area contributed by atoms with Crippen molar-refractivity contribution in [3.63, 3.8) is 0 Å². The van der Waals surface area contributed by atoms with Gasteiger partial charge in [-0.25, -0.2) is 0 Å². The fourth-order valence-electron chi connectivity index (χ4n) is 5.79. The number of rotatable bonds is 9. The topological polar surface area (TPSA) is 110 Å². The number of carbonyl (C=O) groups is 1. The van der Waals surface area contributed by atoms with Crippen LogP contribution in [0.25, 0.3) is 33.6 Å². The van der Waals surface area contributed by atoms with Crippen molar-refractivity contribution in [1.29, 1.82) is 5.26 Å². The molecular formula is C34H36N4O5. The number of aromatic nitrogens is 1. The summed E-state index contributed by atoms with van der Waals surface area (Å²) in [4.78, 5) is 19.8. The van der Waals surface area contributed by atoms with E-state index < -0.39 is 0 Å². The summed E-state index contributed by atoms with van der Waals surface area (Å²) in [5.41, 5.74) is 4.62. The van der Waals surface area contributed by atoms with Crippen molar-refractivity contribution in [2.75, 3.05) is 40.0 Å². The molecule has 6 rings (SSSR count). The molecule has 43 heavy (non-hydrogen) atoms. The number of hydrogen-bond acceptors (Lipinski definition) is 8. The highest BCUT2D eigenvalue weighted by molar-refractivity contribution is 5.97. The zero-order valence-electron chi connectivity index (χ0n) is 24.8. The van der Waals surface area contributed by atoms with Gasteiger partial charge in [-0.15, -0.1) is 0 Å². The van der Waals surface area contributed by atoms with E-state index in [2.05, 4.69) is 35.1 Å². The fraction of sp³-hybridized carbons (Fsp3) is 0.382. The lowest BCUT2D eigenvalue weighted by Crippen LogP contribution is -2.59. The Hall–Kier alpha value is -4.39. The first-order valence-corrected chi connectivity index (χ1v) is 14.8. The molecule has 0 atom stereocenters. The molecule has 0 saturated carbocycles. The Labute approximate surface area is 251 Å². The Morgan fingerprint density at radius 3 is 2.65 bits per heavy atom. The third-order valence-electron chi connectivity index (χ3n) is 7.93. The molecule has 4 aromatic rings. The first-order chi connectivity index (χ1) is 20.9. The van der Waals surface area contributed by atoms with Crippen LogP contribution in [0.1, 0.15) is 42.6 Å². The summed E-state index contributed by atoms with van der Waals surface area (Å²) in [5, 5.41) is 13.0. The Morgan fingerprint density at radius 2 is 1.91 bits per heavy atom. The highest BCUT2D eigenvalue weighted by Gasteiger charge is 2.29. The van der Waals surface area contributed by atoms with Crippen LogP contribution < -0.4 is 14.8 Å². The van der Waals surface area contributed by atoms with Crippen LogP contribution in [0.5, 0.6) is 11.5 Å². The minimum atomic E-state index is -0.120. The van der Waals surface area contributed by atoms with Gasteiger partial charge in [0.1, 0.15) is 34.9 Å². The van der Waals surface area contributed by atoms with Crippen LogP contribution in [0.4, 0.5) is 0 Å². The quantitative estimate of drug-likeness (QED) is 0.270. The second-order valence-corrected chi connectivity index (χ2v) is 11.6. The van der Waals surface area contributed by atoms with Gasteiger partial charge in [-0.05, 0) is 47.9 Å². The Balaban J connectivity index is 1.23. The first-order valence-electron chi connectivity index (χ1n) is 14.8. The van der Waals surface area contributed by atoms with Crippen LogP contribution >= 0.6 is 0 Å². The molecule has 2 aromatic carbocycles. The van der Waals surface area contributed by atoms with E-state index in [9.17, 15) is 10.1 Å². The lowest BCUT2D eigenvalue weighted by molar-refractivity contribution is 0.0254. The molecule has 222 valence electrons. The number of pyridine rings is 1. The summed E-state index contributed by atoms with van der Waals surface area (Å²) in [6.07, 6.45) is 3.37. The summed E-state index contributed by atoms with van der Waals surface area (Å²) in [6.45, 7) is 8.51. The van der Waals surface area contributed by atoms with E-state index in [0.29, 0.717) is 64.2 Å². The summed E-state index contributed by atoms with van der Waals surface area (Å²) >= 11 is 0. The average Bonchev–Trinajstić information content (AvgIpc) is 3.44. The summed E-state index contributed by atoms with van der Waals surface area (Å²) < 4.78 is 23.6. The minimum absolute atomic E-state index is 0.0395. The van der Waals surface area contributed by atoms with E-state index in [1.54, 1.807) is 25.4 Å². The molecule has 9 nitrogen and oxygen atoms in total. The standard InChI is InChI=1S/C34H36N4O5/c1-21(2)18-38-19-25(20-38)37-34(39)23-4-6-28(31(15-23)40-3)32-16-29-33(43-32)27(8-11-36-29)22-5-7-30(24(14-22)17-35)42-26-9-12-41-13-10-26/h4-8,11,14-16,21,25-26H,9-10,12-13,18-20H2,1-3H3,(H,37,39). The van der Waals surface area contributed by atoms with E-state index in [0.717, 1.165) is 43.6 Å². The van der Waals surface area contributed by atoms with Crippen LogP contribution in [-0.2, 0) is 4.74 Å². The molecule has 2 saturated heterocycles. The molecule has 0 bridgehead atoms. The first kappa shape index (κ1) is 28.7. The number of nitrogens with one attached hydrogen (secondary N) is 1. The fourth-order valence-corrected chi connectivity index (χ4v) is 5.79. The van der Waals surface area contributed by atoms with E-state index in [-0.39, 0.29) is 18.1 Å². The van der Waals surface area contributed by atoms with Gasteiger partial charge in [0.25, 0.3) is 5.91 Å². The van der Waals surface area contributed by atoms with Crippen molar-refractivity contribution in [3.8, 4) is 40.0 Å². The number of carbonyl (C=O) groups excluding carboxylic acids is 1. The molecule has 2 aliphatic heterocycles. The monoisotopic (exact) mass is 580 g/mol. The third-order valence-corrected chi connectivity index (χ3v) is 7.93. The van der Waals surface area contributed by atoms with Crippen molar-refractivity contribution in [3.05, 3.63) is 65.9 Å². The Bertz CT molecular complexity index is 1660. The number of likely N-dealkylation sites (tertiary alicyclic amines) is 1. The average molecular weight is 581 g/mol. The van der Waals surface area contributed by atoms with Gasteiger partial charge >= 0.3 is 0 Å². The Morgan fingerprint density at radius 1 is 1.09 bits per heavy atom. The van der Waals surface area contributed by atoms with Crippen molar-refractivity contribution >= 4 is 17.0 Å². The van der Waals surface area contributed by atoms with E-state index in [1.165, 1.54) is 0 Å². The molecule has 4 heterocycles. The molecule has 2 aliphatic rings. The maximum atomic E-state index is 13.0. The number of benzene rings is 2. The van der Waals surface area contributed by atoms with Gasteiger partial charge in [-0.3, -0.25) is 14.7 Å². The molecular weight excluding hydrogens is 544 g/mol. The van der Waals surface area contributed by atoms with Crippen LogP contribution in [-0.4, -0.2) is 67.9 Å². The number of hydrogen-bond donors (Lipinski definition) is 1. The second-order valence-electron chi connectivity index (χ2n) is 11.6. The van der Waals surface area contributed by atoms with Crippen LogP contribution in [0.2, 0.25) is 0 Å². The van der Waals surface area contributed by atoms with Crippen molar-refractivity contribution < 1.29 is 23.4 Å².